The molecular formula is C24H22BrN3O2. The summed E-state index contributed by atoms with van der Waals surface area (Å²) in [6.07, 6.45) is 0.646. The van der Waals surface area contributed by atoms with Crippen LogP contribution in [0.25, 0.3) is 11.0 Å². The van der Waals surface area contributed by atoms with Gasteiger partial charge in [-0.2, -0.15) is 0 Å². The molecule has 4 aromatic rings. The standard InChI is InChI=1S/C24H22BrN3O2/c1-30-20-12-8-18(9-13-20)24(29)26-15-14-23-27-21-4-2-3-5-22(21)28(23)16-17-6-10-19(25)11-7-17/h2-13H,14-16H2,1H3,(H,26,29). The van der Waals surface area contributed by atoms with Crippen LogP contribution in [-0.2, 0) is 13.0 Å². The summed E-state index contributed by atoms with van der Waals surface area (Å²) >= 11 is 3.49. The maximum atomic E-state index is 12.4. The van der Waals surface area contributed by atoms with Gasteiger partial charge in [0, 0.05) is 29.5 Å². The van der Waals surface area contributed by atoms with Crippen molar-refractivity contribution in [2.75, 3.05) is 13.7 Å². The number of amides is 1. The molecule has 4 rings (SSSR count). The summed E-state index contributed by atoms with van der Waals surface area (Å²) in [4.78, 5) is 17.2. The lowest BCUT2D eigenvalue weighted by Crippen LogP contribution is -2.26. The van der Waals surface area contributed by atoms with Gasteiger partial charge < -0.3 is 14.6 Å². The van der Waals surface area contributed by atoms with E-state index in [4.69, 9.17) is 9.72 Å². The van der Waals surface area contributed by atoms with Crippen LogP contribution in [-0.4, -0.2) is 29.1 Å². The van der Waals surface area contributed by atoms with Gasteiger partial charge in [-0.05, 0) is 54.1 Å². The summed E-state index contributed by atoms with van der Waals surface area (Å²) in [5, 5.41) is 2.99. The molecule has 0 aliphatic carbocycles. The van der Waals surface area contributed by atoms with Crippen LogP contribution in [0.4, 0.5) is 0 Å². The lowest BCUT2D eigenvalue weighted by molar-refractivity contribution is 0.0954. The van der Waals surface area contributed by atoms with Crippen LogP contribution in [0.15, 0.2) is 77.3 Å². The summed E-state index contributed by atoms with van der Waals surface area (Å²) in [5.74, 6) is 1.58. The highest BCUT2D eigenvalue weighted by atomic mass is 79.9. The number of nitrogens with one attached hydrogen (secondary N) is 1. The number of ether oxygens (including phenoxy) is 1. The van der Waals surface area contributed by atoms with E-state index in [0.29, 0.717) is 18.5 Å². The molecule has 0 aliphatic heterocycles. The predicted molar refractivity (Wildman–Crippen MR) is 122 cm³/mol. The fourth-order valence-corrected chi connectivity index (χ4v) is 3.66. The number of benzene rings is 3. The number of aromatic nitrogens is 2. The molecule has 0 aliphatic rings. The average molecular weight is 464 g/mol. The molecule has 152 valence electrons. The van der Waals surface area contributed by atoms with E-state index in [0.717, 1.165) is 33.6 Å². The van der Waals surface area contributed by atoms with Crippen molar-refractivity contribution in [1.29, 1.82) is 0 Å². The van der Waals surface area contributed by atoms with Crippen LogP contribution in [0.3, 0.4) is 0 Å². The molecule has 1 heterocycles. The van der Waals surface area contributed by atoms with Gasteiger partial charge in [0.05, 0.1) is 18.1 Å². The van der Waals surface area contributed by atoms with E-state index in [1.165, 1.54) is 5.56 Å². The molecule has 0 radical (unpaired) electrons. The molecule has 0 fully saturated rings. The summed E-state index contributed by atoms with van der Waals surface area (Å²) in [7, 11) is 1.61. The van der Waals surface area contributed by atoms with Crippen molar-refractivity contribution in [3.05, 3.63) is 94.2 Å². The van der Waals surface area contributed by atoms with Crippen LogP contribution in [0.1, 0.15) is 21.7 Å². The molecule has 6 heteroatoms. The zero-order chi connectivity index (χ0) is 20.9. The second-order valence-electron chi connectivity index (χ2n) is 6.96. The minimum Gasteiger partial charge on any atom is -0.497 e. The predicted octanol–water partition coefficient (Wildman–Crippen LogP) is 4.83. The fourth-order valence-electron chi connectivity index (χ4n) is 3.40. The van der Waals surface area contributed by atoms with E-state index < -0.39 is 0 Å². The first-order chi connectivity index (χ1) is 14.6. The number of para-hydroxylation sites is 2. The Morgan fingerprint density at radius 1 is 1.03 bits per heavy atom. The lowest BCUT2D eigenvalue weighted by atomic mass is 10.2. The third kappa shape index (κ3) is 4.54. The van der Waals surface area contributed by atoms with Crippen molar-refractivity contribution >= 4 is 32.9 Å². The van der Waals surface area contributed by atoms with Crippen molar-refractivity contribution in [3.8, 4) is 5.75 Å². The molecule has 30 heavy (non-hydrogen) atoms. The molecule has 3 aromatic carbocycles. The largest absolute Gasteiger partial charge is 0.497 e. The van der Waals surface area contributed by atoms with Crippen LogP contribution in [0.2, 0.25) is 0 Å². The van der Waals surface area contributed by atoms with E-state index in [1.807, 2.05) is 30.3 Å². The Hall–Kier alpha value is -3.12. The molecular weight excluding hydrogens is 442 g/mol. The van der Waals surface area contributed by atoms with E-state index in [2.05, 4.69) is 44.0 Å². The van der Waals surface area contributed by atoms with Crippen molar-refractivity contribution in [1.82, 2.24) is 14.9 Å². The third-order valence-electron chi connectivity index (χ3n) is 4.97. The van der Waals surface area contributed by atoms with Crippen LogP contribution >= 0.6 is 15.9 Å². The molecule has 5 nitrogen and oxygen atoms in total. The Morgan fingerprint density at radius 2 is 1.77 bits per heavy atom. The second kappa shape index (κ2) is 9.13. The Morgan fingerprint density at radius 3 is 2.50 bits per heavy atom. The molecule has 0 unspecified atom stereocenters. The summed E-state index contributed by atoms with van der Waals surface area (Å²) in [6, 6.07) is 23.5. The third-order valence-corrected chi connectivity index (χ3v) is 5.50. The summed E-state index contributed by atoms with van der Waals surface area (Å²) < 4.78 is 8.42. The number of carbonyl (C=O) groups is 1. The van der Waals surface area contributed by atoms with Crippen molar-refractivity contribution in [3.63, 3.8) is 0 Å². The van der Waals surface area contributed by atoms with Crippen LogP contribution in [0.5, 0.6) is 5.75 Å². The van der Waals surface area contributed by atoms with E-state index in [9.17, 15) is 4.79 Å². The topological polar surface area (TPSA) is 56.1 Å². The quantitative estimate of drug-likeness (QED) is 0.427. The average Bonchev–Trinajstić information content (AvgIpc) is 3.12. The van der Waals surface area contributed by atoms with Gasteiger partial charge in [-0.3, -0.25) is 4.79 Å². The van der Waals surface area contributed by atoms with Gasteiger partial charge in [-0.15, -0.1) is 0 Å². The number of imidazole rings is 1. The zero-order valence-corrected chi connectivity index (χ0v) is 18.2. The monoisotopic (exact) mass is 463 g/mol. The Balaban J connectivity index is 1.49. The first kappa shape index (κ1) is 20.2. The minimum absolute atomic E-state index is 0.103. The molecule has 1 aromatic heterocycles. The summed E-state index contributed by atoms with van der Waals surface area (Å²) in [6.45, 7) is 1.24. The first-order valence-corrected chi connectivity index (χ1v) is 10.5. The highest BCUT2D eigenvalue weighted by Crippen LogP contribution is 2.19. The van der Waals surface area contributed by atoms with Crippen molar-refractivity contribution in [2.24, 2.45) is 0 Å². The Kier molecular flexibility index (Phi) is 6.14. The van der Waals surface area contributed by atoms with Gasteiger partial charge in [0.25, 0.3) is 5.91 Å². The van der Waals surface area contributed by atoms with Crippen molar-refractivity contribution in [2.45, 2.75) is 13.0 Å². The van der Waals surface area contributed by atoms with Gasteiger partial charge in [-0.1, -0.05) is 40.2 Å². The number of carbonyl (C=O) groups excluding carboxylic acids is 1. The maximum Gasteiger partial charge on any atom is 0.251 e. The van der Waals surface area contributed by atoms with E-state index >= 15 is 0 Å². The number of halogens is 1. The maximum absolute atomic E-state index is 12.4. The number of fused-ring (bicyclic) bond motifs is 1. The molecule has 1 N–H and O–H groups in total. The summed E-state index contributed by atoms with van der Waals surface area (Å²) in [5.41, 5.74) is 3.87. The molecule has 1 amide bonds. The number of hydrogen-bond donors (Lipinski definition) is 1. The van der Waals surface area contributed by atoms with E-state index in [1.54, 1.807) is 31.4 Å². The smallest absolute Gasteiger partial charge is 0.251 e. The van der Waals surface area contributed by atoms with E-state index in [-0.39, 0.29) is 5.91 Å². The molecule has 0 atom stereocenters. The van der Waals surface area contributed by atoms with Crippen LogP contribution < -0.4 is 10.1 Å². The SMILES string of the molecule is COc1ccc(C(=O)NCCc2nc3ccccc3n2Cc2ccc(Br)cc2)cc1. The van der Waals surface area contributed by atoms with Gasteiger partial charge in [0.2, 0.25) is 0 Å². The molecule has 0 spiro atoms. The molecule has 0 saturated carbocycles. The van der Waals surface area contributed by atoms with Gasteiger partial charge in [0.1, 0.15) is 11.6 Å². The minimum atomic E-state index is -0.103. The normalized spacial score (nSPS) is 10.9. The van der Waals surface area contributed by atoms with Crippen molar-refractivity contribution < 1.29 is 9.53 Å². The van der Waals surface area contributed by atoms with Crippen LogP contribution in [0, 0.1) is 0 Å². The van der Waals surface area contributed by atoms with Gasteiger partial charge in [-0.25, -0.2) is 4.98 Å². The molecule has 0 saturated heterocycles. The van der Waals surface area contributed by atoms with Gasteiger partial charge >= 0.3 is 0 Å². The highest BCUT2D eigenvalue weighted by molar-refractivity contribution is 9.10. The fraction of sp³-hybridized carbons (Fsp3) is 0.167. The lowest BCUT2D eigenvalue weighted by Gasteiger charge is -2.11. The number of methoxy groups -OCH3 is 1. The number of rotatable bonds is 7. The molecule has 0 bridgehead atoms. The van der Waals surface area contributed by atoms with Gasteiger partial charge in [0.15, 0.2) is 0 Å². The Labute approximate surface area is 183 Å². The zero-order valence-electron chi connectivity index (χ0n) is 16.6. The number of nitrogens with zero attached hydrogens (tertiary/aromatic N) is 2. The highest BCUT2D eigenvalue weighted by Gasteiger charge is 2.12. The first-order valence-electron chi connectivity index (χ1n) is 9.75. The number of hydrogen-bond acceptors (Lipinski definition) is 3. The Bertz CT molecular complexity index is 1150. The second-order valence-corrected chi connectivity index (χ2v) is 7.88.